The Hall–Kier alpha value is -2.03. The van der Waals surface area contributed by atoms with Crippen molar-refractivity contribution < 1.29 is 5.21 Å². The highest BCUT2D eigenvalue weighted by Crippen LogP contribution is 2.22. The van der Waals surface area contributed by atoms with Crippen molar-refractivity contribution in [1.82, 2.24) is 4.57 Å². The summed E-state index contributed by atoms with van der Waals surface area (Å²) >= 11 is 0. The van der Waals surface area contributed by atoms with Gasteiger partial charge in [-0.3, -0.25) is 0 Å². The van der Waals surface area contributed by atoms with E-state index in [0.717, 1.165) is 11.4 Å². The Balaban J connectivity index is 2.64. The predicted octanol–water partition coefficient (Wildman–Crippen LogP) is 3.21. The first-order valence-corrected chi connectivity index (χ1v) is 5.56. The average molecular weight is 228 g/mol. The van der Waals surface area contributed by atoms with E-state index >= 15 is 0 Å². The molecule has 3 heteroatoms. The van der Waals surface area contributed by atoms with Crippen LogP contribution in [-0.4, -0.2) is 16.0 Å². The number of aromatic nitrogens is 1. The molecule has 1 N–H and O–H groups in total. The van der Waals surface area contributed by atoms with Crippen LogP contribution in [0.1, 0.15) is 22.4 Å². The number of benzene rings is 1. The smallest absolute Gasteiger partial charge is 0.0901 e. The number of aryl methyl sites for hydroxylation is 3. The average Bonchev–Trinajstić information content (AvgIpc) is 2.65. The first-order chi connectivity index (χ1) is 8.13. The Morgan fingerprint density at radius 3 is 2.41 bits per heavy atom. The molecule has 0 unspecified atom stereocenters. The number of rotatable bonds is 2. The van der Waals surface area contributed by atoms with E-state index in [1.807, 2.05) is 22.9 Å². The quantitative estimate of drug-likeness (QED) is 0.478. The van der Waals surface area contributed by atoms with Gasteiger partial charge in [0.1, 0.15) is 0 Å². The zero-order chi connectivity index (χ0) is 12.4. The maximum absolute atomic E-state index is 8.65. The van der Waals surface area contributed by atoms with Crippen molar-refractivity contribution in [3.63, 3.8) is 0 Å². The van der Waals surface area contributed by atoms with Gasteiger partial charge in [-0.15, -0.1) is 0 Å². The third kappa shape index (κ3) is 2.09. The van der Waals surface area contributed by atoms with Crippen LogP contribution in [0.2, 0.25) is 0 Å². The van der Waals surface area contributed by atoms with Crippen LogP contribution in [0.25, 0.3) is 5.69 Å². The maximum Gasteiger partial charge on any atom is 0.0901 e. The molecule has 0 fully saturated rings. The zero-order valence-electron chi connectivity index (χ0n) is 10.3. The lowest BCUT2D eigenvalue weighted by Crippen LogP contribution is -2.03. The van der Waals surface area contributed by atoms with Gasteiger partial charge < -0.3 is 9.77 Å². The van der Waals surface area contributed by atoms with Crippen molar-refractivity contribution >= 4 is 6.21 Å². The highest BCUT2D eigenvalue weighted by Gasteiger charge is 2.08. The number of nitrogens with zero attached hydrogens (tertiary/aromatic N) is 2. The lowest BCUT2D eigenvalue weighted by Gasteiger charge is -2.14. The van der Waals surface area contributed by atoms with Gasteiger partial charge in [0.2, 0.25) is 0 Å². The molecule has 2 aromatic rings. The Morgan fingerprint density at radius 2 is 1.82 bits per heavy atom. The van der Waals surface area contributed by atoms with Crippen LogP contribution in [0.4, 0.5) is 0 Å². The van der Waals surface area contributed by atoms with E-state index < -0.39 is 0 Å². The van der Waals surface area contributed by atoms with Crippen LogP contribution in [0, 0.1) is 20.8 Å². The van der Waals surface area contributed by atoms with E-state index in [-0.39, 0.29) is 0 Å². The van der Waals surface area contributed by atoms with Crippen molar-refractivity contribution in [2.45, 2.75) is 20.8 Å². The fourth-order valence-electron chi connectivity index (χ4n) is 2.31. The van der Waals surface area contributed by atoms with Gasteiger partial charge in [-0.2, -0.15) is 0 Å². The third-order valence-electron chi connectivity index (χ3n) is 2.85. The second-order valence-corrected chi connectivity index (χ2v) is 4.29. The van der Waals surface area contributed by atoms with Gasteiger partial charge in [0.25, 0.3) is 0 Å². The molecule has 0 saturated heterocycles. The Morgan fingerprint density at radius 1 is 1.18 bits per heavy atom. The van der Waals surface area contributed by atoms with Gasteiger partial charge >= 0.3 is 0 Å². The number of hydrogen-bond donors (Lipinski definition) is 1. The van der Waals surface area contributed by atoms with E-state index in [1.54, 1.807) is 0 Å². The summed E-state index contributed by atoms with van der Waals surface area (Å²) in [6, 6.07) is 8.17. The minimum absolute atomic E-state index is 0.863. The molecule has 0 spiro atoms. The van der Waals surface area contributed by atoms with Crippen molar-refractivity contribution in [1.29, 1.82) is 0 Å². The van der Waals surface area contributed by atoms with Crippen molar-refractivity contribution in [2.24, 2.45) is 5.16 Å². The molecule has 88 valence electrons. The monoisotopic (exact) mass is 228 g/mol. The lowest BCUT2D eigenvalue weighted by molar-refractivity contribution is 0.321. The highest BCUT2D eigenvalue weighted by molar-refractivity contribution is 5.78. The summed E-state index contributed by atoms with van der Waals surface area (Å²) in [6.07, 6.45) is 3.42. The second-order valence-electron chi connectivity index (χ2n) is 4.29. The van der Waals surface area contributed by atoms with E-state index in [4.69, 9.17) is 5.21 Å². The highest BCUT2D eigenvalue weighted by atomic mass is 16.4. The molecule has 2 rings (SSSR count). The van der Waals surface area contributed by atoms with Crippen LogP contribution < -0.4 is 0 Å². The molecule has 0 aliphatic carbocycles. The van der Waals surface area contributed by atoms with Gasteiger partial charge in [0.15, 0.2) is 0 Å². The minimum atomic E-state index is 0.863. The molecular weight excluding hydrogens is 212 g/mol. The maximum atomic E-state index is 8.65. The summed E-state index contributed by atoms with van der Waals surface area (Å²) in [5, 5.41) is 11.7. The van der Waals surface area contributed by atoms with Gasteiger partial charge in [0, 0.05) is 6.20 Å². The van der Waals surface area contributed by atoms with Gasteiger partial charge in [-0.05, 0) is 44.0 Å². The summed E-state index contributed by atoms with van der Waals surface area (Å²) < 4.78 is 2.03. The second kappa shape index (κ2) is 4.45. The molecule has 0 amide bonds. The normalized spacial score (nSPS) is 11.2. The SMILES string of the molecule is Cc1cc(C)c(-n2cccc2C=NO)c(C)c1. The molecule has 0 aliphatic heterocycles. The molecule has 17 heavy (non-hydrogen) atoms. The molecular formula is C14H16N2O. The van der Waals surface area contributed by atoms with Gasteiger partial charge in [0.05, 0.1) is 17.6 Å². The molecule has 0 atom stereocenters. The Labute approximate surface area is 101 Å². The molecule has 0 radical (unpaired) electrons. The molecule has 0 aliphatic rings. The fourth-order valence-corrected chi connectivity index (χ4v) is 2.31. The van der Waals surface area contributed by atoms with Gasteiger partial charge in [-0.1, -0.05) is 22.9 Å². The van der Waals surface area contributed by atoms with E-state index in [1.165, 1.54) is 22.9 Å². The molecule has 3 nitrogen and oxygen atoms in total. The van der Waals surface area contributed by atoms with Crippen LogP contribution in [0.5, 0.6) is 0 Å². The summed E-state index contributed by atoms with van der Waals surface area (Å²) in [5.74, 6) is 0. The summed E-state index contributed by atoms with van der Waals surface area (Å²) in [4.78, 5) is 0. The van der Waals surface area contributed by atoms with Crippen LogP contribution >= 0.6 is 0 Å². The summed E-state index contributed by atoms with van der Waals surface area (Å²) in [6.45, 7) is 6.28. The fraction of sp³-hybridized carbons (Fsp3) is 0.214. The summed E-state index contributed by atoms with van der Waals surface area (Å²) in [7, 11) is 0. The summed E-state index contributed by atoms with van der Waals surface area (Å²) in [5.41, 5.74) is 5.70. The predicted molar refractivity (Wildman–Crippen MR) is 69.4 cm³/mol. The topological polar surface area (TPSA) is 37.5 Å². The lowest BCUT2D eigenvalue weighted by atomic mass is 10.0. The molecule has 0 bridgehead atoms. The van der Waals surface area contributed by atoms with E-state index in [2.05, 4.69) is 38.1 Å². The minimum Gasteiger partial charge on any atom is -0.411 e. The molecule has 1 aromatic carbocycles. The standard InChI is InChI=1S/C14H16N2O/c1-10-7-11(2)14(12(3)8-10)16-6-4-5-13(16)9-15-17/h4-9,17H,1-3H3. The van der Waals surface area contributed by atoms with Crippen LogP contribution in [0.3, 0.4) is 0 Å². The van der Waals surface area contributed by atoms with Crippen molar-refractivity contribution in [2.75, 3.05) is 0 Å². The van der Waals surface area contributed by atoms with Crippen LogP contribution in [0.15, 0.2) is 35.6 Å². The number of oxime groups is 1. The van der Waals surface area contributed by atoms with Gasteiger partial charge in [-0.25, -0.2) is 0 Å². The molecule has 1 heterocycles. The third-order valence-corrected chi connectivity index (χ3v) is 2.85. The number of hydrogen-bond acceptors (Lipinski definition) is 2. The largest absolute Gasteiger partial charge is 0.411 e. The Kier molecular flexibility index (Phi) is 3.00. The molecule has 0 saturated carbocycles. The van der Waals surface area contributed by atoms with Crippen molar-refractivity contribution in [3.05, 3.63) is 52.8 Å². The van der Waals surface area contributed by atoms with E-state index in [9.17, 15) is 0 Å². The van der Waals surface area contributed by atoms with Crippen molar-refractivity contribution in [3.8, 4) is 5.69 Å². The molecule has 1 aromatic heterocycles. The first-order valence-electron chi connectivity index (χ1n) is 5.56. The Bertz CT molecular complexity index is 544. The first kappa shape index (κ1) is 11.5. The zero-order valence-corrected chi connectivity index (χ0v) is 10.3. The van der Waals surface area contributed by atoms with Crippen LogP contribution in [-0.2, 0) is 0 Å². The van der Waals surface area contributed by atoms with E-state index in [0.29, 0.717) is 0 Å².